The van der Waals surface area contributed by atoms with Crippen molar-refractivity contribution in [3.8, 4) is 0 Å². The van der Waals surface area contributed by atoms with Crippen LogP contribution >= 0.6 is 0 Å². The van der Waals surface area contributed by atoms with Crippen LogP contribution in [0.15, 0.2) is 86.5 Å². The summed E-state index contributed by atoms with van der Waals surface area (Å²) < 4.78 is 0. The van der Waals surface area contributed by atoms with Crippen LogP contribution in [0.5, 0.6) is 0 Å². The van der Waals surface area contributed by atoms with Crippen molar-refractivity contribution in [2.45, 2.75) is 60.2 Å². The summed E-state index contributed by atoms with van der Waals surface area (Å²) in [5.74, 6) is 0. The minimum Gasteiger partial charge on any atom is -0.399 e. The molecule has 5 heteroatoms. The second-order valence-electron chi connectivity index (χ2n) is 11.5. The monoisotopic (exact) mass is 583 g/mol. The summed E-state index contributed by atoms with van der Waals surface area (Å²) in [5.41, 5.74) is 20.8. The third-order valence-corrected chi connectivity index (χ3v) is 7.75. The van der Waals surface area contributed by atoms with Crippen LogP contribution in [0.2, 0.25) is 0 Å². The van der Waals surface area contributed by atoms with E-state index in [4.69, 9.17) is 11.5 Å². The van der Waals surface area contributed by atoms with Crippen molar-refractivity contribution in [3.05, 3.63) is 125 Å². The van der Waals surface area contributed by atoms with Gasteiger partial charge in [0.1, 0.15) is 0 Å². The molecule has 1 aliphatic heterocycles. The van der Waals surface area contributed by atoms with Gasteiger partial charge in [-0.1, -0.05) is 91.4 Å². The molecule has 1 fully saturated rings. The van der Waals surface area contributed by atoms with Crippen LogP contribution in [0.1, 0.15) is 58.7 Å². The predicted molar refractivity (Wildman–Crippen MR) is 188 cm³/mol. The average molecular weight is 584 g/mol. The zero-order chi connectivity index (χ0) is 31.6. The van der Waals surface area contributed by atoms with E-state index in [9.17, 15) is 0 Å². The second-order valence-corrected chi connectivity index (χ2v) is 11.5. The van der Waals surface area contributed by atoms with Gasteiger partial charge in [-0.05, 0) is 88.6 Å². The fraction of sp³-hybridized carbons (Fsp3) is 0.421. The van der Waals surface area contributed by atoms with Crippen molar-refractivity contribution in [3.63, 3.8) is 0 Å². The minimum absolute atomic E-state index is 0.651. The number of nitrogens with two attached hydrogens (primary N) is 2. The molecule has 3 aromatic rings. The number of hydrogen-bond donors (Lipinski definition) is 2. The Hall–Kier alpha value is -3.22. The Balaban J connectivity index is 0.00000121. The Kier molecular flexibility index (Phi) is 16.6. The molecule has 0 atom stereocenters. The molecule has 0 radical (unpaired) electrons. The summed E-state index contributed by atoms with van der Waals surface area (Å²) in [6, 6.07) is 24.4. The molecule has 0 unspecified atom stereocenters. The van der Waals surface area contributed by atoms with Crippen molar-refractivity contribution in [1.82, 2.24) is 14.7 Å². The van der Waals surface area contributed by atoms with E-state index in [0.717, 1.165) is 71.0 Å². The van der Waals surface area contributed by atoms with Gasteiger partial charge in [-0.2, -0.15) is 0 Å². The molecule has 0 aromatic heterocycles. The third-order valence-electron chi connectivity index (χ3n) is 7.75. The van der Waals surface area contributed by atoms with Crippen LogP contribution < -0.4 is 11.5 Å². The number of aryl methyl sites for hydroxylation is 2. The first-order valence-electron chi connectivity index (χ1n) is 15.8. The molecule has 0 bridgehead atoms. The van der Waals surface area contributed by atoms with Gasteiger partial charge in [0.2, 0.25) is 0 Å². The lowest BCUT2D eigenvalue weighted by Crippen LogP contribution is -2.36. The van der Waals surface area contributed by atoms with E-state index in [1.165, 1.54) is 46.2 Å². The first kappa shape index (κ1) is 36.0. The van der Waals surface area contributed by atoms with Gasteiger partial charge in [-0.15, -0.1) is 13.2 Å². The van der Waals surface area contributed by atoms with Crippen LogP contribution in [-0.4, -0.2) is 60.5 Å². The quantitative estimate of drug-likeness (QED) is 0.296. The van der Waals surface area contributed by atoms with Crippen molar-refractivity contribution in [2.24, 2.45) is 11.5 Å². The van der Waals surface area contributed by atoms with Gasteiger partial charge in [0.25, 0.3) is 0 Å². The molecule has 4 N–H and O–H groups in total. The van der Waals surface area contributed by atoms with E-state index < -0.39 is 0 Å². The molecule has 1 heterocycles. The van der Waals surface area contributed by atoms with E-state index >= 15 is 0 Å². The van der Waals surface area contributed by atoms with E-state index in [0.29, 0.717) is 5.70 Å². The van der Waals surface area contributed by atoms with Crippen LogP contribution in [-0.2, 0) is 19.6 Å². The minimum atomic E-state index is 0.651. The van der Waals surface area contributed by atoms with Gasteiger partial charge in [-0.3, -0.25) is 14.7 Å². The zero-order valence-corrected chi connectivity index (χ0v) is 27.5. The topological polar surface area (TPSA) is 61.8 Å². The van der Waals surface area contributed by atoms with E-state index in [1.807, 2.05) is 6.92 Å². The smallest absolute Gasteiger partial charge is 0.0317 e. The fourth-order valence-electron chi connectivity index (χ4n) is 5.83. The van der Waals surface area contributed by atoms with Crippen molar-refractivity contribution in [2.75, 3.05) is 45.8 Å². The highest BCUT2D eigenvalue weighted by Gasteiger charge is 2.16. The summed E-state index contributed by atoms with van der Waals surface area (Å²) in [4.78, 5) is 7.96. The maximum absolute atomic E-state index is 6.09. The molecule has 4 rings (SSSR count). The second kappa shape index (κ2) is 19.9. The fourth-order valence-corrected chi connectivity index (χ4v) is 5.83. The Morgan fingerprint density at radius 1 is 0.674 bits per heavy atom. The standard InChI is InChI=1S/C34H46N4.C2H7N.C2H4/c1-27-21-28(2)23-32(22-27)25-37-17-9-15-36(24-31-11-6-5-7-12-31)16-10-18-38(20-19-37)26-33-13-8-14-34(29(33)3)30(4)35;1-2-3;1-2/h5-8,11-14,21-23H,4,9-10,15-20,24-26,35H2,1-3H3;2-3H2,1H3;1-2H2. The molecular formula is C38H57N5. The highest BCUT2D eigenvalue weighted by atomic mass is 15.2. The molecule has 3 aromatic carbocycles. The van der Waals surface area contributed by atoms with Crippen LogP contribution in [0, 0.1) is 20.8 Å². The van der Waals surface area contributed by atoms with Crippen molar-refractivity contribution in [1.29, 1.82) is 0 Å². The summed E-state index contributed by atoms with van der Waals surface area (Å²) in [7, 11) is 0. The Morgan fingerprint density at radius 3 is 1.70 bits per heavy atom. The first-order chi connectivity index (χ1) is 20.8. The largest absolute Gasteiger partial charge is 0.399 e. The first-order valence-corrected chi connectivity index (χ1v) is 15.8. The Bertz CT molecular complexity index is 1200. The van der Waals surface area contributed by atoms with E-state index in [1.54, 1.807) is 0 Å². The summed E-state index contributed by atoms with van der Waals surface area (Å²) in [6.45, 7) is 28.8. The lowest BCUT2D eigenvalue weighted by molar-refractivity contribution is 0.194. The zero-order valence-electron chi connectivity index (χ0n) is 27.5. The highest BCUT2D eigenvalue weighted by Crippen LogP contribution is 2.20. The van der Waals surface area contributed by atoms with Crippen molar-refractivity contribution >= 4 is 5.70 Å². The van der Waals surface area contributed by atoms with Gasteiger partial charge in [0, 0.05) is 44.0 Å². The number of benzene rings is 3. The number of rotatable bonds is 7. The molecule has 5 nitrogen and oxygen atoms in total. The van der Waals surface area contributed by atoms with Gasteiger partial charge in [-0.25, -0.2) is 0 Å². The molecule has 43 heavy (non-hydrogen) atoms. The predicted octanol–water partition coefficient (Wildman–Crippen LogP) is 6.91. The van der Waals surface area contributed by atoms with E-state index in [-0.39, 0.29) is 0 Å². The summed E-state index contributed by atoms with van der Waals surface area (Å²) in [6.07, 6.45) is 2.36. The molecule has 1 saturated heterocycles. The molecule has 0 saturated carbocycles. The van der Waals surface area contributed by atoms with E-state index in [2.05, 4.69) is 122 Å². The van der Waals surface area contributed by atoms with Crippen molar-refractivity contribution < 1.29 is 0 Å². The third kappa shape index (κ3) is 12.9. The maximum Gasteiger partial charge on any atom is 0.0317 e. The average Bonchev–Trinajstić information content (AvgIpc) is 3.01. The normalized spacial score (nSPS) is 15.3. The van der Waals surface area contributed by atoms with Crippen LogP contribution in [0.3, 0.4) is 0 Å². The Morgan fingerprint density at radius 2 is 1.16 bits per heavy atom. The van der Waals surface area contributed by atoms with Crippen LogP contribution in [0.25, 0.3) is 5.70 Å². The molecule has 234 valence electrons. The lowest BCUT2D eigenvalue weighted by atomic mass is 10.00. The lowest BCUT2D eigenvalue weighted by Gasteiger charge is -2.28. The summed E-state index contributed by atoms with van der Waals surface area (Å²) in [5, 5.41) is 0. The molecule has 0 amide bonds. The molecule has 0 spiro atoms. The SMILES string of the molecule is C=C.C=C(N)c1cccc(CN2CCCN(Cc3ccccc3)CCCN(Cc3cc(C)cc(C)c3)CC2)c1C.CCN. The summed E-state index contributed by atoms with van der Waals surface area (Å²) >= 11 is 0. The van der Waals surface area contributed by atoms with Gasteiger partial charge < -0.3 is 11.5 Å². The molecule has 1 aliphatic rings. The number of hydrogen-bond acceptors (Lipinski definition) is 5. The highest BCUT2D eigenvalue weighted by molar-refractivity contribution is 5.64. The van der Waals surface area contributed by atoms with Gasteiger partial charge >= 0.3 is 0 Å². The Labute approximate surface area is 262 Å². The van der Waals surface area contributed by atoms with Gasteiger partial charge in [0.05, 0.1) is 0 Å². The maximum atomic E-state index is 6.09. The number of nitrogens with zero attached hydrogens (tertiary/aromatic N) is 3. The van der Waals surface area contributed by atoms with Gasteiger partial charge in [0.15, 0.2) is 0 Å². The molecular weight excluding hydrogens is 526 g/mol. The molecule has 0 aliphatic carbocycles. The van der Waals surface area contributed by atoms with Crippen LogP contribution in [0.4, 0.5) is 0 Å².